The monoisotopic (exact) mass is 448 g/mol. The lowest BCUT2D eigenvalue weighted by molar-refractivity contribution is -0.138. The Morgan fingerprint density at radius 2 is 1.94 bits per heavy atom. The highest BCUT2D eigenvalue weighted by Crippen LogP contribution is 2.57. The summed E-state index contributed by atoms with van der Waals surface area (Å²) in [6.07, 6.45) is 8.29. The topological polar surface area (TPSA) is 84.6 Å². The van der Waals surface area contributed by atoms with Gasteiger partial charge in [-0.3, -0.25) is 19.4 Å². The Balaban J connectivity index is 1.36. The van der Waals surface area contributed by atoms with E-state index in [1.54, 1.807) is 6.33 Å². The van der Waals surface area contributed by atoms with E-state index in [4.69, 9.17) is 0 Å². The van der Waals surface area contributed by atoms with E-state index >= 15 is 0 Å². The molecular weight excluding hydrogens is 416 g/mol. The number of anilines is 1. The second-order valence-electron chi connectivity index (χ2n) is 9.87. The van der Waals surface area contributed by atoms with Crippen LogP contribution in [0, 0.1) is 5.92 Å². The SMILES string of the molecule is O=C1NCCCN(Cc2cnc[nH]2)CCCN2C(=O)[C@@]3(c4ccccc42)[C@@H]1C[C@@H]1CCCN13. The molecule has 2 N–H and O–H groups in total. The Morgan fingerprint density at radius 1 is 1.06 bits per heavy atom. The van der Waals surface area contributed by atoms with E-state index in [9.17, 15) is 9.59 Å². The molecule has 33 heavy (non-hydrogen) atoms. The number of carbonyl (C=O) groups is 2. The van der Waals surface area contributed by atoms with E-state index in [2.05, 4.69) is 37.2 Å². The van der Waals surface area contributed by atoms with Crippen molar-refractivity contribution in [3.8, 4) is 0 Å². The van der Waals surface area contributed by atoms with Crippen LogP contribution >= 0.6 is 0 Å². The number of aromatic nitrogens is 2. The lowest BCUT2D eigenvalue weighted by Gasteiger charge is -2.37. The van der Waals surface area contributed by atoms with Crippen LogP contribution in [-0.4, -0.2) is 70.3 Å². The van der Waals surface area contributed by atoms with Crippen molar-refractivity contribution in [3.05, 3.63) is 48.0 Å². The first-order valence-electron chi connectivity index (χ1n) is 12.3. The fourth-order valence-electron chi connectivity index (χ4n) is 6.75. The molecule has 2 bridgehead atoms. The second kappa shape index (κ2) is 8.25. The lowest BCUT2D eigenvalue weighted by Crippen LogP contribution is -2.56. The summed E-state index contributed by atoms with van der Waals surface area (Å²) in [5.74, 6) is -0.190. The van der Waals surface area contributed by atoms with Crippen molar-refractivity contribution in [1.29, 1.82) is 0 Å². The fraction of sp³-hybridized carbons (Fsp3) is 0.560. The van der Waals surface area contributed by atoms with Gasteiger partial charge in [0.1, 0.15) is 5.54 Å². The maximum atomic E-state index is 14.3. The lowest BCUT2D eigenvalue weighted by atomic mass is 9.78. The average molecular weight is 449 g/mol. The van der Waals surface area contributed by atoms with Gasteiger partial charge in [0, 0.05) is 61.9 Å². The number of hydrogen-bond donors (Lipinski definition) is 2. The van der Waals surface area contributed by atoms with Gasteiger partial charge in [-0.25, -0.2) is 4.98 Å². The van der Waals surface area contributed by atoms with E-state index < -0.39 is 5.54 Å². The molecule has 0 saturated carbocycles. The molecule has 174 valence electrons. The standard InChI is InChI=1S/C25H32N6O2/c32-23-21-14-19-6-3-13-31(19)25(21)20-7-1-2-8-22(20)30(24(25)33)12-5-11-29(10-4-9-27-23)16-18-15-26-17-28-18/h1-2,7-8,15,17,19,21H,3-6,9-14,16H2,(H,26,28)(H,27,32)/t19-,21+,25+/m0/s1. The average Bonchev–Trinajstić information content (AvgIpc) is 3.58. The van der Waals surface area contributed by atoms with E-state index in [1.165, 1.54) is 0 Å². The molecule has 4 aliphatic heterocycles. The predicted octanol–water partition coefficient (Wildman–Crippen LogP) is 1.85. The molecule has 3 atom stereocenters. The summed E-state index contributed by atoms with van der Waals surface area (Å²) >= 11 is 0. The fourth-order valence-corrected chi connectivity index (χ4v) is 6.75. The smallest absolute Gasteiger partial charge is 0.253 e. The van der Waals surface area contributed by atoms with Crippen LogP contribution in [0.15, 0.2) is 36.8 Å². The largest absolute Gasteiger partial charge is 0.356 e. The van der Waals surface area contributed by atoms with Crippen LogP contribution in [0.4, 0.5) is 5.69 Å². The number of aromatic amines is 1. The van der Waals surface area contributed by atoms with Crippen LogP contribution < -0.4 is 10.2 Å². The molecule has 8 nitrogen and oxygen atoms in total. The van der Waals surface area contributed by atoms with Gasteiger partial charge in [-0.1, -0.05) is 18.2 Å². The van der Waals surface area contributed by atoms with Gasteiger partial charge in [-0.15, -0.1) is 0 Å². The summed E-state index contributed by atoms with van der Waals surface area (Å²) in [7, 11) is 0. The number of H-pyrrole nitrogens is 1. The van der Waals surface area contributed by atoms with Crippen molar-refractivity contribution in [2.75, 3.05) is 37.6 Å². The Morgan fingerprint density at radius 3 is 2.82 bits per heavy atom. The molecule has 0 radical (unpaired) electrons. The first-order chi connectivity index (χ1) is 16.2. The van der Waals surface area contributed by atoms with E-state index in [0.29, 0.717) is 19.1 Å². The number of para-hydroxylation sites is 1. The minimum absolute atomic E-state index is 0.0359. The maximum absolute atomic E-state index is 14.3. The summed E-state index contributed by atoms with van der Waals surface area (Å²) in [4.78, 5) is 41.9. The third kappa shape index (κ3) is 3.22. The molecule has 2 amide bonds. The molecular formula is C25H32N6O2. The molecule has 4 aliphatic rings. The minimum Gasteiger partial charge on any atom is -0.356 e. The highest BCUT2D eigenvalue weighted by Gasteiger charge is 2.66. The second-order valence-corrected chi connectivity index (χ2v) is 9.87. The molecule has 3 saturated heterocycles. The van der Waals surface area contributed by atoms with Gasteiger partial charge < -0.3 is 15.2 Å². The minimum atomic E-state index is -0.842. The van der Waals surface area contributed by atoms with Gasteiger partial charge in [0.25, 0.3) is 5.91 Å². The molecule has 0 aliphatic carbocycles. The Kier molecular flexibility index (Phi) is 5.22. The van der Waals surface area contributed by atoms with Gasteiger partial charge in [0.15, 0.2) is 0 Å². The maximum Gasteiger partial charge on any atom is 0.253 e. The van der Waals surface area contributed by atoms with Crippen LogP contribution in [0.2, 0.25) is 0 Å². The number of fused-ring (bicyclic) bond motifs is 4. The number of benzene rings is 1. The third-order valence-corrected chi connectivity index (χ3v) is 8.09. The molecule has 6 rings (SSSR count). The van der Waals surface area contributed by atoms with E-state index in [0.717, 1.165) is 75.2 Å². The number of nitrogens with zero attached hydrogens (tertiary/aromatic N) is 4. The van der Waals surface area contributed by atoms with Crippen LogP contribution in [-0.2, 0) is 21.7 Å². The molecule has 2 aromatic rings. The van der Waals surface area contributed by atoms with Gasteiger partial charge in [-0.2, -0.15) is 0 Å². The van der Waals surface area contributed by atoms with Crippen LogP contribution in [0.1, 0.15) is 43.4 Å². The number of imidazole rings is 1. The van der Waals surface area contributed by atoms with Crippen molar-refractivity contribution < 1.29 is 9.59 Å². The van der Waals surface area contributed by atoms with Crippen molar-refractivity contribution in [3.63, 3.8) is 0 Å². The molecule has 0 unspecified atom stereocenters. The van der Waals surface area contributed by atoms with Gasteiger partial charge in [0.2, 0.25) is 5.91 Å². The summed E-state index contributed by atoms with van der Waals surface area (Å²) in [6, 6.07) is 8.50. The summed E-state index contributed by atoms with van der Waals surface area (Å²) in [5.41, 5.74) is 2.27. The quantitative estimate of drug-likeness (QED) is 0.733. The van der Waals surface area contributed by atoms with Crippen LogP contribution in [0.25, 0.3) is 0 Å². The van der Waals surface area contributed by atoms with Crippen molar-refractivity contribution >= 4 is 17.5 Å². The highest BCUT2D eigenvalue weighted by molar-refractivity contribution is 6.10. The van der Waals surface area contributed by atoms with Gasteiger partial charge >= 0.3 is 0 Å². The summed E-state index contributed by atoms with van der Waals surface area (Å²) in [5, 5.41) is 3.21. The van der Waals surface area contributed by atoms with Crippen LogP contribution in [0.3, 0.4) is 0 Å². The Bertz CT molecular complexity index is 1040. The number of hydrogen-bond acceptors (Lipinski definition) is 5. The summed E-state index contributed by atoms with van der Waals surface area (Å²) < 4.78 is 0. The molecule has 5 heterocycles. The summed E-state index contributed by atoms with van der Waals surface area (Å²) in [6.45, 7) is 4.77. The number of amides is 2. The van der Waals surface area contributed by atoms with Gasteiger partial charge in [-0.05, 0) is 44.7 Å². The van der Waals surface area contributed by atoms with E-state index in [1.807, 2.05) is 23.2 Å². The third-order valence-electron chi connectivity index (χ3n) is 8.09. The number of rotatable bonds is 2. The molecule has 1 aromatic carbocycles. The highest BCUT2D eigenvalue weighted by atomic mass is 16.2. The van der Waals surface area contributed by atoms with Crippen molar-refractivity contribution in [2.45, 2.75) is 50.2 Å². The first kappa shape index (κ1) is 20.9. The zero-order valence-electron chi connectivity index (χ0n) is 19.0. The van der Waals surface area contributed by atoms with E-state index in [-0.39, 0.29) is 17.7 Å². The number of carbonyl (C=O) groups excluding carboxylic acids is 2. The zero-order valence-corrected chi connectivity index (χ0v) is 19.0. The zero-order chi connectivity index (χ0) is 22.4. The van der Waals surface area contributed by atoms with Crippen molar-refractivity contribution in [2.24, 2.45) is 5.92 Å². The Hall–Kier alpha value is -2.71. The van der Waals surface area contributed by atoms with Crippen molar-refractivity contribution in [1.82, 2.24) is 25.1 Å². The molecule has 3 fully saturated rings. The Labute approximate surface area is 194 Å². The normalized spacial score (nSPS) is 30.7. The predicted molar refractivity (Wildman–Crippen MR) is 124 cm³/mol. The molecule has 1 spiro atoms. The van der Waals surface area contributed by atoms with Crippen LogP contribution in [0.5, 0.6) is 0 Å². The first-order valence-corrected chi connectivity index (χ1v) is 12.3. The van der Waals surface area contributed by atoms with Gasteiger partial charge in [0.05, 0.1) is 12.2 Å². The molecule has 1 aromatic heterocycles. The molecule has 8 heteroatoms. The number of nitrogens with one attached hydrogen (secondary N) is 2.